The Morgan fingerprint density at radius 3 is 2.18 bits per heavy atom. The Balaban J connectivity index is 1.98. The first kappa shape index (κ1) is 15.5. The lowest BCUT2D eigenvalue weighted by Gasteiger charge is -2.49. The van der Waals surface area contributed by atoms with Gasteiger partial charge in [0.15, 0.2) is 0 Å². The Morgan fingerprint density at radius 2 is 1.64 bits per heavy atom. The maximum atomic E-state index is 12.3. The summed E-state index contributed by atoms with van der Waals surface area (Å²) in [5, 5.41) is 0.598. The molecule has 2 aromatic rings. The lowest BCUT2D eigenvalue weighted by Crippen LogP contribution is -2.62. The fourth-order valence-electron chi connectivity index (χ4n) is 2.50. The second kappa shape index (κ2) is 5.65. The molecule has 3 rings (SSSR count). The second-order valence-electron chi connectivity index (χ2n) is 4.95. The molecule has 0 spiro atoms. The molecule has 114 valence electrons. The van der Waals surface area contributed by atoms with Gasteiger partial charge in [0.1, 0.15) is 11.8 Å². The van der Waals surface area contributed by atoms with E-state index in [1.807, 2.05) is 24.3 Å². The number of alkyl halides is 2. The fourth-order valence-corrected chi connectivity index (χ4v) is 3.26. The van der Waals surface area contributed by atoms with E-state index in [1.165, 1.54) is 0 Å². The first-order valence-electron chi connectivity index (χ1n) is 6.56. The van der Waals surface area contributed by atoms with Crippen molar-refractivity contribution in [3.05, 3.63) is 59.1 Å². The highest BCUT2D eigenvalue weighted by Gasteiger charge is 2.60. The summed E-state index contributed by atoms with van der Waals surface area (Å²) < 4.78 is 3.66. The number of carbonyl (C=O) groups excluding carboxylic acids is 1. The van der Waals surface area contributed by atoms with Gasteiger partial charge >= 0.3 is 0 Å². The van der Waals surface area contributed by atoms with E-state index in [9.17, 15) is 4.79 Å². The summed E-state index contributed by atoms with van der Waals surface area (Å²) in [6, 6.07) is 13.8. The lowest BCUT2D eigenvalue weighted by molar-refractivity contribution is -0.125. The van der Waals surface area contributed by atoms with Crippen molar-refractivity contribution in [2.24, 2.45) is 0 Å². The highest BCUT2D eigenvalue weighted by Crippen LogP contribution is 2.52. The largest absolute Gasteiger partial charge is 0.497 e. The van der Waals surface area contributed by atoms with Crippen LogP contribution in [0.3, 0.4) is 0 Å². The number of amides is 1. The number of benzene rings is 2. The van der Waals surface area contributed by atoms with Crippen LogP contribution in [0.1, 0.15) is 11.6 Å². The van der Waals surface area contributed by atoms with Crippen LogP contribution in [0.4, 0.5) is 5.69 Å². The average molecular weight is 357 g/mol. The van der Waals surface area contributed by atoms with Gasteiger partial charge in [0.05, 0.1) is 7.11 Å². The van der Waals surface area contributed by atoms with Crippen molar-refractivity contribution in [1.29, 1.82) is 0 Å². The quantitative estimate of drug-likeness (QED) is 0.593. The molecule has 1 amide bonds. The Labute approximate surface area is 143 Å². The molecule has 1 unspecified atom stereocenters. The number of β-lactam (4-membered cyclic amide) rings is 1. The van der Waals surface area contributed by atoms with Gasteiger partial charge in [-0.15, -0.1) is 0 Å². The molecule has 6 heteroatoms. The summed E-state index contributed by atoms with van der Waals surface area (Å²) >= 11 is 18.3. The molecular weight excluding hydrogens is 345 g/mol. The first-order chi connectivity index (χ1) is 10.4. The molecule has 1 aliphatic heterocycles. The summed E-state index contributed by atoms with van der Waals surface area (Å²) in [6.45, 7) is 0. The van der Waals surface area contributed by atoms with Crippen LogP contribution in [-0.2, 0) is 4.79 Å². The van der Waals surface area contributed by atoms with Crippen LogP contribution in [-0.4, -0.2) is 17.4 Å². The van der Waals surface area contributed by atoms with E-state index in [0.29, 0.717) is 10.7 Å². The van der Waals surface area contributed by atoms with Crippen LogP contribution in [0.15, 0.2) is 48.5 Å². The van der Waals surface area contributed by atoms with Gasteiger partial charge in [-0.05, 0) is 42.0 Å². The SMILES string of the molecule is COc1ccc(C2N(c3ccc(Cl)cc3)C(=O)C2(Cl)Cl)cc1. The first-order valence-corrected chi connectivity index (χ1v) is 7.69. The van der Waals surface area contributed by atoms with E-state index in [-0.39, 0.29) is 5.91 Å². The number of halogens is 3. The van der Waals surface area contributed by atoms with Crippen molar-refractivity contribution in [3.63, 3.8) is 0 Å². The fraction of sp³-hybridized carbons (Fsp3) is 0.188. The van der Waals surface area contributed by atoms with Crippen molar-refractivity contribution >= 4 is 46.4 Å². The summed E-state index contributed by atoms with van der Waals surface area (Å²) in [6.07, 6.45) is 0. The van der Waals surface area contributed by atoms with Crippen molar-refractivity contribution < 1.29 is 9.53 Å². The molecule has 0 saturated carbocycles. The van der Waals surface area contributed by atoms with Crippen LogP contribution in [0.2, 0.25) is 5.02 Å². The van der Waals surface area contributed by atoms with Gasteiger partial charge in [-0.25, -0.2) is 0 Å². The van der Waals surface area contributed by atoms with Gasteiger partial charge in [0, 0.05) is 10.7 Å². The van der Waals surface area contributed by atoms with E-state index in [2.05, 4.69) is 0 Å². The minimum absolute atomic E-state index is 0.348. The van der Waals surface area contributed by atoms with Crippen LogP contribution in [0.5, 0.6) is 5.75 Å². The van der Waals surface area contributed by atoms with Crippen LogP contribution in [0, 0.1) is 0 Å². The summed E-state index contributed by atoms with van der Waals surface area (Å²) in [7, 11) is 1.59. The predicted octanol–water partition coefficient (Wildman–Crippen LogP) is 4.61. The number of carbonyl (C=O) groups is 1. The molecule has 3 nitrogen and oxygen atoms in total. The van der Waals surface area contributed by atoms with Gasteiger partial charge in [0.2, 0.25) is 4.33 Å². The van der Waals surface area contributed by atoms with Crippen molar-refractivity contribution in [2.75, 3.05) is 12.0 Å². The number of rotatable bonds is 3. The molecular formula is C16H12Cl3NO2. The minimum Gasteiger partial charge on any atom is -0.497 e. The molecule has 22 heavy (non-hydrogen) atoms. The standard InChI is InChI=1S/C16H12Cl3NO2/c1-22-13-8-2-10(3-9-13)14-16(18,19)15(21)20(14)12-6-4-11(17)5-7-12/h2-9,14H,1H3. The van der Waals surface area contributed by atoms with E-state index >= 15 is 0 Å². The zero-order valence-electron chi connectivity index (χ0n) is 11.6. The highest BCUT2D eigenvalue weighted by molar-refractivity contribution is 6.62. The maximum Gasteiger partial charge on any atom is 0.266 e. The van der Waals surface area contributed by atoms with E-state index < -0.39 is 10.4 Å². The average Bonchev–Trinajstić information content (AvgIpc) is 2.53. The van der Waals surface area contributed by atoms with Gasteiger partial charge in [-0.1, -0.05) is 46.9 Å². The topological polar surface area (TPSA) is 29.5 Å². The van der Waals surface area contributed by atoms with Crippen LogP contribution < -0.4 is 9.64 Å². The number of methoxy groups -OCH3 is 1. The summed E-state index contributed by atoms with van der Waals surface area (Å²) in [4.78, 5) is 13.8. The minimum atomic E-state index is -1.48. The number of nitrogens with zero attached hydrogens (tertiary/aromatic N) is 1. The molecule has 0 N–H and O–H groups in total. The molecule has 0 radical (unpaired) electrons. The smallest absolute Gasteiger partial charge is 0.266 e. The van der Waals surface area contributed by atoms with Gasteiger partial charge in [-0.3, -0.25) is 9.69 Å². The molecule has 1 fully saturated rings. The normalized spacial score (nSPS) is 19.7. The van der Waals surface area contributed by atoms with Crippen molar-refractivity contribution in [1.82, 2.24) is 0 Å². The molecule has 1 atom stereocenters. The predicted molar refractivity (Wildman–Crippen MR) is 89.1 cm³/mol. The van der Waals surface area contributed by atoms with E-state index in [0.717, 1.165) is 11.3 Å². The summed E-state index contributed by atoms with van der Waals surface area (Å²) in [5.74, 6) is 0.376. The Bertz CT molecular complexity index is 698. The van der Waals surface area contributed by atoms with Gasteiger partial charge in [0.25, 0.3) is 5.91 Å². The number of hydrogen-bond acceptors (Lipinski definition) is 2. The number of anilines is 1. The Morgan fingerprint density at radius 1 is 1.05 bits per heavy atom. The Hall–Kier alpha value is -1.42. The molecule has 0 bridgehead atoms. The van der Waals surface area contributed by atoms with Gasteiger partial charge in [-0.2, -0.15) is 0 Å². The van der Waals surface area contributed by atoms with Crippen molar-refractivity contribution in [2.45, 2.75) is 10.4 Å². The third kappa shape index (κ3) is 2.43. The van der Waals surface area contributed by atoms with Crippen molar-refractivity contribution in [3.8, 4) is 5.75 Å². The molecule has 1 aliphatic rings. The zero-order chi connectivity index (χ0) is 15.9. The third-order valence-corrected chi connectivity index (χ3v) is 4.63. The van der Waals surface area contributed by atoms with Crippen LogP contribution in [0.25, 0.3) is 0 Å². The second-order valence-corrected chi connectivity index (χ2v) is 6.77. The molecule has 0 aliphatic carbocycles. The highest BCUT2D eigenvalue weighted by atomic mass is 35.5. The third-order valence-electron chi connectivity index (χ3n) is 3.64. The molecule has 1 saturated heterocycles. The zero-order valence-corrected chi connectivity index (χ0v) is 13.9. The lowest BCUT2D eigenvalue weighted by atomic mass is 9.91. The number of ether oxygens (including phenoxy) is 1. The molecule has 2 aromatic carbocycles. The monoisotopic (exact) mass is 355 g/mol. The van der Waals surface area contributed by atoms with Gasteiger partial charge < -0.3 is 4.74 Å². The Kier molecular flexibility index (Phi) is 3.98. The summed E-state index contributed by atoms with van der Waals surface area (Å²) in [5.41, 5.74) is 1.53. The molecule has 0 aromatic heterocycles. The number of hydrogen-bond donors (Lipinski definition) is 0. The van der Waals surface area contributed by atoms with E-state index in [4.69, 9.17) is 39.5 Å². The van der Waals surface area contributed by atoms with E-state index in [1.54, 1.807) is 36.3 Å². The molecule has 1 heterocycles. The maximum absolute atomic E-state index is 12.3. The van der Waals surface area contributed by atoms with Crippen LogP contribution >= 0.6 is 34.8 Å².